The van der Waals surface area contributed by atoms with Gasteiger partial charge in [0.05, 0.1) is 5.92 Å². The molecule has 3 heterocycles. The molecule has 0 aromatic carbocycles. The maximum Gasteiger partial charge on any atom is 0.227 e. The van der Waals surface area contributed by atoms with E-state index in [2.05, 4.69) is 5.32 Å². The molecule has 4 nitrogen and oxygen atoms in total. The van der Waals surface area contributed by atoms with E-state index >= 15 is 0 Å². The van der Waals surface area contributed by atoms with Crippen LogP contribution in [0.1, 0.15) is 6.42 Å². The summed E-state index contributed by atoms with van der Waals surface area (Å²) in [5.41, 5.74) is 0. The van der Waals surface area contributed by atoms with Crippen molar-refractivity contribution in [3.63, 3.8) is 0 Å². The number of aliphatic hydroxyl groups excluding tert-OH is 1. The van der Waals surface area contributed by atoms with Crippen LogP contribution < -0.4 is 5.32 Å². The number of fused-ring (bicyclic) bond motifs is 1. The lowest BCUT2D eigenvalue weighted by Crippen LogP contribution is -2.57. The molecule has 1 saturated carbocycles. The molecular formula is C10H16N2O2. The van der Waals surface area contributed by atoms with Gasteiger partial charge in [0.15, 0.2) is 0 Å². The van der Waals surface area contributed by atoms with Crippen LogP contribution in [-0.4, -0.2) is 48.2 Å². The van der Waals surface area contributed by atoms with Crippen LogP contribution in [0.15, 0.2) is 0 Å². The second-order valence-electron chi connectivity index (χ2n) is 4.83. The summed E-state index contributed by atoms with van der Waals surface area (Å²) < 4.78 is 0. The van der Waals surface area contributed by atoms with Crippen LogP contribution in [0.25, 0.3) is 0 Å². The molecule has 0 spiro atoms. The SMILES string of the molecule is O=C(C1C2CNC1C2)N1CC(CO)C1. The molecule has 0 aromatic rings. The third kappa shape index (κ3) is 1.04. The van der Waals surface area contributed by atoms with E-state index in [0.29, 0.717) is 23.8 Å². The number of nitrogens with zero attached hydrogens (tertiary/aromatic N) is 1. The van der Waals surface area contributed by atoms with Crippen molar-refractivity contribution in [1.82, 2.24) is 10.2 Å². The number of rotatable bonds is 2. The number of carbonyl (C=O) groups excluding carboxylic acids is 1. The van der Waals surface area contributed by atoms with Crippen LogP contribution >= 0.6 is 0 Å². The van der Waals surface area contributed by atoms with Gasteiger partial charge in [0, 0.05) is 31.7 Å². The van der Waals surface area contributed by atoms with Gasteiger partial charge in [-0.1, -0.05) is 0 Å². The molecule has 0 radical (unpaired) electrons. The zero-order valence-electron chi connectivity index (χ0n) is 8.15. The number of nitrogens with one attached hydrogen (secondary N) is 1. The smallest absolute Gasteiger partial charge is 0.227 e. The number of hydrogen-bond acceptors (Lipinski definition) is 3. The Bertz CT molecular complexity index is 249. The first-order valence-corrected chi connectivity index (χ1v) is 5.42. The van der Waals surface area contributed by atoms with E-state index in [0.717, 1.165) is 19.6 Å². The van der Waals surface area contributed by atoms with Crippen LogP contribution in [0.5, 0.6) is 0 Å². The summed E-state index contributed by atoms with van der Waals surface area (Å²) in [7, 11) is 0. The molecule has 1 amide bonds. The van der Waals surface area contributed by atoms with E-state index < -0.39 is 0 Å². The van der Waals surface area contributed by atoms with E-state index in [-0.39, 0.29) is 12.5 Å². The molecule has 3 atom stereocenters. The van der Waals surface area contributed by atoms with E-state index in [1.54, 1.807) is 0 Å². The average molecular weight is 196 g/mol. The largest absolute Gasteiger partial charge is 0.396 e. The van der Waals surface area contributed by atoms with Crippen molar-refractivity contribution in [3.05, 3.63) is 0 Å². The van der Waals surface area contributed by atoms with Crippen LogP contribution in [-0.2, 0) is 4.79 Å². The predicted molar refractivity (Wildman–Crippen MR) is 50.5 cm³/mol. The lowest BCUT2D eigenvalue weighted by molar-refractivity contribution is -0.147. The van der Waals surface area contributed by atoms with Crippen LogP contribution in [0.3, 0.4) is 0 Å². The van der Waals surface area contributed by atoms with Crippen molar-refractivity contribution in [2.75, 3.05) is 26.2 Å². The normalized spacial score (nSPS) is 40.6. The highest BCUT2D eigenvalue weighted by molar-refractivity contribution is 5.82. The zero-order valence-corrected chi connectivity index (χ0v) is 8.15. The monoisotopic (exact) mass is 196 g/mol. The minimum atomic E-state index is 0.222. The van der Waals surface area contributed by atoms with Gasteiger partial charge in [-0.2, -0.15) is 0 Å². The fraction of sp³-hybridized carbons (Fsp3) is 0.900. The molecule has 4 rings (SSSR count). The van der Waals surface area contributed by atoms with Gasteiger partial charge in [-0.3, -0.25) is 4.79 Å². The summed E-state index contributed by atoms with van der Waals surface area (Å²) >= 11 is 0. The standard InChI is InChI=1S/C10H16N2O2/c13-5-6-3-12(4-6)10(14)9-7-1-8(9)11-2-7/h6-9,11,13H,1-5H2. The van der Waals surface area contributed by atoms with Gasteiger partial charge >= 0.3 is 0 Å². The van der Waals surface area contributed by atoms with Crippen molar-refractivity contribution in [2.45, 2.75) is 12.5 Å². The van der Waals surface area contributed by atoms with Crippen molar-refractivity contribution >= 4 is 5.91 Å². The topological polar surface area (TPSA) is 52.6 Å². The van der Waals surface area contributed by atoms with Crippen molar-refractivity contribution in [3.8, 4) is 0 Å². The summed E-state index contributed by atoms with van der Waals surface area (Å²) in [4.78, 5) is 13.8. The van der Waals surface area contributed by atoms with Crippen molar-refractivity contribution in [1.29, 1.82) is 0 Å². The number of likely N-dealkylation sites (tertiary alicyclic amines) is 1. The number of carbonyl (C=O) groups is 1. The Morgan fingerprint density at radius 1 is 1.50 bits per heavy atom. The maximum absolute atomic E-state index is 11.9. The van der Waals surface area contributed by atoms with Crippen LogP contribution in [0, 0.1) is 17.8 Å². The third-order valence-electron chi connectivity index (χ3n) is 3.95. The second-order valence-corrected chi connectivity index (χ2v) is 4.83. The first-order chi connectivity index (χ1) is 6.79. The minimum absolute atomic E-state index is 0.222. The fourth-order valence-corrected chi connectivity index (χ4v) is 2.93. The van der Waals surface area contributed by atoms with E-state index in [1.807, 2.05) is 4.90 Å². The molecule has 2 bridgehead atoms. The van der Waals surface area contributed by atoms with E-state index in [4.69, 9.17) is 5.11 Å². The molecule has 4 fully saturated rings. The third-order valence-corrected chi connectivity index (χ3v) is 3.95. The minimum Gasteiger partial charge on any atom is -0.396 e. The summed E-state index contributed by atoms with van der Waals surface area (Å²) in [5.74, 6) is 1.51. The van der Waals surface area contributed by atoms with Crippen molar-refractivity contribution in [2.24, 2.45) is 17.8 Å². The number of amides is 1. The first-order valence-electron chi connectivity index (χ1n) is 5.42. The summed E-state index contributed by atoms with van der Waals surface area (Å²) in [6.07, 6.45) is 1.19. The highest BCUT2D eigenvalue weighted by Crippen LogP contribution is 2.41. The van der Waals surface area contributed by atoms with Gasteiger partial charge in [0.25, 0.3) is 0 Å². The Balaban J connectivity index is 1.57. The molecule has 0 aromatic heterocycles. The highest BCUT2D eigenvalue weighted by atomic mass is 16.3. The van der Waals surface area contributed by atoms with Gasteiger partial charge in [-0.15, -0.1) is 0 Å². The molecule has 3 aliphatic heterocycles. The Kier molecular flexibility index (Phi) is 1.82. The van der Waals surface area contributed by atoms with E-state index in [9.17, 15) is 4.79 Å². The number of hydrogen-bond donors (Lipinski definition) is 2. The molecule has 78 valence electrons. The molecule has 4 aliphatic rings. The Morgan fingerprint density at radius 3 is 2.79 bits per heavy atom. The predicted octanol–water partition coefficient (Wildman–Crippen LogP) is -0.955. The molecule has 1 aliphatic carbocycles. The first kappa shape index (κ1) is 8.68. The Labute approximate surface area is 83.3 Å². The fourth-order valence-electron chi connectivity index (χ4n) is 2.93. The van der Waals surface area contributed by atoms with Gasteiger partial charge in [0.2, 0.25) is 5.91 Å². The summed E-state index contributed by atoms with van der Waals surface area (Å²) in [5, 5.41) is 12.2. The van der Waals surface area contributed by atoms with E-state index in [1.165, 1.54) is 6.42 Å². The Morgan fingerprint density at radius 2 is 2.29 bits per heavy atom. The molecule has 14 heavy (non-hydrogen) atoms. The highest BCUT2D eigenvalue weighted by Gasteiger charge is 2.52. The lowest BCUT2D eigenvalue weighted by Gasteiger charge is -2.44. The average Bonchev–Trinajstić information content (AvgIpc) is 2.61. The van der Waals surface area contributed by atoms with Gasteiger partial charge < -0.3 is 15.3 Å². The molecule has 2 N–H and O–H groups in total. The second kappa shape index (κ2) is 2.94. The molecule has 3 unspecified atom stereocenters. The quantitative estimate of drug-likeness (QED) is 0.598. The molecule has 4 heteroatoms. The maximum atomic E-state index is 11.9. The summed E-state index contributed by atoms with van der Waals surface area (Å²) in [6, 6.07) is 0.459. The van der Waals surface area contributed by atoms with Gasteiger partial charge in [-0.05, 0) is 18.9 Å². The lowest BCUT2D eigenvalue weighted by atomic mass is 9.72. The molecular weight excluding hydrogens is 180 g/mol. The van der Waals surface area contributed by atoms with Gasteiger partial charge in [-0.25, -0.2) is 0 Å². The Hall–Kier alpha value is -0.610. The number of aliphatic hydroxyl groups is 1. The molecule has 3 saturated heterocycles. The van der Waals surface area contributed by atoms with Gasteiger partial charge in [0.1, 0.15) is 0 Å². The zero-order chi connectivity index (χ0) is 9.71. The van der Waals surface area contributed by atoms with Crippen LogP contribution in [0.2, 0.25) is 0 Å². The van der Waals surface area contributed by atoms with Crippen LogP contribution in [0.4, 0.5) is 0 Å². The summed E-state index contributed by atoms with van der Waals surface area (Å²) in [6.45, 7) is 2.79. The van der Waals surface area contributed by atoms with Crippen molar-refractivity contribution < 1.29 is 9.90 Å².